The number of ether oxygens (including phenoxy) is 2. The zero-order chi connectivity index (χ0) is 14.0. The molecule has 0 amide bonds. The van der Waals surface area contributed by atoms with Crippen molar-refractivity contribution >= 4 is 18.2 Å². The fourth-order valence-corrected chi connectivity index (χ4v) is 1.61. The molecule has 0 atom stereocenters. The standard InChI is InChI=1S/C12H18O6/c1-17-10(15)12(7-5-9-14,11(16)18-2)6-3-4-8-13/h3-4,9,13H,5-8H2,1-2H3/b4-3-. The van der Waals surface area contributed by atoms with Crippen molar-refractivity contribution in [3.8, 4) is 0 Å². The predicted molar refractivity (Wildman–Crippen MR) is 62.6 cm³/mol. The highest BCUT2D eigenvalue weighted by Gasteiger charge is 2.46. The van der Waals surface area contributed by atoms with Gasteiger partial charge in [0.25, 0.3) is 0 Å². The number of hydrogen-bond donors (Lipinski definition) is 1. The van der Waals surface area contributed by atoms with Crippen LogP contribution in [0.5, 0.6) is 0 Å². The Morgan fingerprint density at radius 2 is 1.72 bits per heavy atom. The third-order valence-electron chi connectivity index (χ3n) is 2.58. The molecule has 0 aromatic heterocycles. The van der Waals surface area contributed by atoms with Crippen molar-refractivity contribution in [2.75, 3.05) is 20.8 Å². The van der Waals surface area contributed by atoms with E-state index in [2.05, 4.69) is 9.47 Å². The number of aliphatic hydroxyl groups is 1. The van der Waals surface area contributed by atoms with Crippen molar-refractivity contribution in [1.82, 2.24) is 0 Å². The third kappa shape index (κ3) is 3.96. The Bertz CT molecular complexity index is 305. The third-order valence-corrected chi connectivity index (χ3v) is 2.58. The van der Waals surface area contributed by atoms with E-state index in [4.69, 9.17) is 5.11 Å². The van der Waals surface area contributed by atoms with Gasteiger partial charge in [0.15, 0.2) is 5.41 Å². The van der Waals surface area contributed by atoms with E-state index in [0.717, 1.165) is 14.2 Å². The van der Waals surface area contributed by atoms with Crippen molar-refractivity contribution in [2.24, 2.45) is 5.41 Å². The van der Waals surface area contributed by atoms with E-state index in [-0.39, 0.29) is 25.9 Å². The molecule has 1 N–H and O–H groups in total. The van der Waals surface area contributed by atoms with Crippen LogP contribution >= 0.6 is 0 Å². The van der Waals surface area contributed by atoms with Crippen molar-refractivity contribution in [3.63, 3.8) is 0 Å². The van der Waals surface area contributed by atoms with Crippen LogP contribution < -0.4 is 0 Å². The first-order valence-corrected chi connectivity index (χ1v) is 5.45. The monoisotopic (exact) mass is 258 g/mol. The summed E-state index contributed by atoms with van der Waals surface area (Å²) in [7, 11) is 2.33. The maximum absolute atomic E-state index is 11.8. The van der Waals surface area contributed by atoms with Crippen LogP contribution in [0.25, 0.3) is 0 Å². The fourth-order valence-electron chi connectivity index (χ4n) is 1.61. The minimum Gasteiger partial charge on any atom is -0.468 e. The Hall–Kier alpha value is -1.69. The van der Waals surface area contributed by atoms with Crippen LogP contribution in [0.1, 0.15) is 19.3 Å². The fraction of sp³-hybridized carbons (Fsp3) is 0.583. The number of esters is 2. The smallest absolute Gasteiger partial charge is 0.323 e. The molecule has 102 valence electrons. The summed E-state index contributed by atoms with van der Waals surface area (Å²) in [6.07, 6.45) is 3.57. The normalized spacial score (nSPS) is 11.3. The number of carbonyl (C=O) groups excluding carboxylic acids is 3. The van der Waals surface area contributed by atoms with Gasteiger partial charge in [-0.3, -0.25) is 9.59 Å². The van der Waals surface area contributed by atoms with E-state index in [0.29, 0.717) is 6.29 Å². The Balaban J connectivity index is 5.23. The molecule has 0 fully saturated rings. The van der Waals surface area contributed by atoms with Gasteiger partial charge in [-0.15, -0.1) is 0 Å². The van der Waals surface area contributed by atoms with Gasteiger partial charge in [0.1, 0.15) is 6.29 Å². The molecule has 0 aliphatic carbocycles. The zero-order valence-electron chi connectivity index (χ0n) is 10.5. The molecule has 18 heavy (non-hydrogen) atoms. The molecule has 0 bridgehead atoms. The summed E-state index contributed by atoms with van der Waals surface area (Å²) in [6.45, 7) is -0.202. The second-order valence-electron chi connectivity index (χ2n) is 3.63. The summed E-state index contributed by atoms with van der Waals surface area (Å²) in [6, 6.07) is 0. The van der Waals surface area contributed by atoms with Crippen LogP contribution in [0.3, 0.4) is 0 Å². The van der Waals surface area contributed by atoms with Gasteiger partial charge < -0.3 is 19.4 Å². The lowest BCUT2D eigenvalue weighted by molar-refractivity contribution is -0.169. The van der Waals surface area contributed by atoms with Crippen molar-refractivity contribution in [3.05, 3.63) is 12.2 Å². The topological polar surface area (TPSA) is 89.9 Å². The number of rotatable bonds is 8. The summed E-state index contributed by atoms with van der Waals surface area (Å²) < 4.78 is 9.23. The molecule has 0 aromatic rings. The lowest BCUT2D eigenvalue weighted by Crippen LogP contribution is -2.41. The summed E-state index contributed by atoms with van der Waals surface area (Å²) >= 11 is 0. The molecule has 0 heterocycles. The Morgan fingerprint density at radius 1 is 1.17 bits per heavy atom. The maximum atomic E-state index is 11.8. The zero-order valence-corrected chi connectivity index (χ0v) is 10.5. The molecule has 6 heteroatoms. The van der Waals surface area contributed by atoms with E-state index in [9.17, 15) is 14.4 Å². The van der Waals surface area contributed by atoms with Gasteiger partial charge in [-0.05, 0) is 12.8 Å². The van der Waals surface area contributed by atoms with Crippen LogP contribution in [0, 0.1) is 5.41 Å². The highest BCUT2D eigenvalue weighted by atomic mass is 16.5. The highest BCUT2D eigenvalue weighted by Crippen LogP contribution is 2.32. The second-order valence-corrected chi connectivity index (χ2v) is 3.63. The van der Waals surface area contributed by atoms with Gasteiger partial charge in [-0.2, -0.15) is 0 Å². The maximum Gasteiger partial charge on any atom is 0.323 e. The molecule has 0 saturated heterocycles. The molecule has 0 rings (SSSR count). The van der Waals surface area contributed by atoms with E-state index >= 15 is 0 Å². The lowest BCUT2D eigenvalue weighted by atomic mass is 9.80. The molecular formula is C12H18O6. The first-order chi connectivity index (χ1) is 8.58. The number of hydrogen-bond acceptors (Lipinski definition) is 6. The lowest BCUT2D eigenvalue weighted by Gasteiger charge is -2.26. The SMILES string of the molecule is COC(=O)C(C/C=C\CO)(CCC=O)C(=O)OC. The van der Waals surface area contributed by atoms with Gasteiger partial charge in [-0.25, -0.2) is 0 Å². The molecule has 0 aromatic carbocycles. The quantitative estimate of drug-likeness (QED) is 0.290. The first kappa shape index (κ1) is 16.3. The Labute approximate surface area is 106 Å². The average molecular weight is 258 g/mol. The molecule has 0 radical (unpaired) electrons. The highest BCUT2D eigenvalue weighted by molar-refractivity contribution is 6.00. The van der Waals surface area contributed by atoms with E-state index in [1.165, 1.54) is 12.2 Å². The predicted octanol–water partition coefficient (Wildman–Crippen LogP) is 0.236. The first-order valence-electron chi connectivity index (χ1n) is 5.45. The Kier molecular flexibility index (Phi) is 7.62. The van der Waals surface area contributed by atoms with Crippen molar-refractivity contribution < 1.29 is 29.0 Å². The van der Waals surface area contributed by atoms with Gasteiger partial charge >= 0.3 is 11.9 Å². The molecule has 0 unspecified atom stereocenters. The van der Waals surface area contributed by atoms with Crippen LogP contribution in [0.15, 0.2) is 12.2 Å². The molecule has 6 nitrogen and oxygen atoms in total. The molecule has 0 spiro atoms. The number of allylic oxidation sites excluding steroid dienone is 1. The number of carbonyl (C=O) groups is 3. The van der Waals surface area contributed by atoms with Crippen LogP contribution in [0.2, 0.25) is 0 Å². The number of aldehydes is 1. The molecule has 0 aliphatic heterocycles. The van der Waals surface area contributed by atoms with Crippen LogP contribution in [0.4, 0.5) is 0 Å². The van der Waals surface area contributed by atoms with Crippen LogP contribution in [-0.4, -0.2) is 44.2 Å². The number of methoxy groups -OCH3 is 2. The van der Waals surface area contributed by atoms with E-state index in [1.807, 2.05) is 0 Å². The van der Waals surface area contributed by atoms with Crippen LogP contribution in [-0.2, 0) is 23.9 Å². The van der Waals surface area contributed by atoms with Crippen molar-refractivity contribution in [1.29, 1.82) is 0 Å². The van der Waals surface area contributed by atoms with Gasteiger partial charge in [-0.1, -0.05) is 12.2 Å². The number of aliphatic hydroxyl groups excluding tert-OH is 1. The molecule has 0 saturated carbocycles. The van der Waals surface area contributed by atoms with Gasteiger partial charge in [0, 0.05) is 6.42 Å². The molecule has 0 aliphatic rings. The summed E-state index contributed by atoms with van der Waals surface area (Å²) in [5, 5.41) is 8.66. The largest absolute Gasteiger partial charge is 0.468 e. The summed E-state index contributed by atoms with van der Waals surface area (Å²) in [5.41, 5.74) is -1.53. The average Bonchev–Trinajstić information content (AvgIpc) is 2.41. The van der Waals surface area contributed by atoms with Gasteiger partial charge in [0.05, 0.1) is 20.8 Å². The Morgan fingerprint density at radius 3 is 2.11 bits per heavy atom. The molecular weight excluding hydrogens is 240 g/mol. The van der Waals surface area contributed by atoms with Crippen molar-refractivity contribution in [2.45, 2.75) is 19.3 Å². The summed E-state index contributed by atoms with van der Waals surface area (Å²) in [5.74, 6) is -1.50. The second kappa shape index (κ2) is 8.41. The van der Waals surface area contributed by atoms with Gasteiger partial charge in [0.2, 0.25) is 0 Å². The minimum absolute atomic E-state index is 0.00557. The van der Waals surface area contributed by atoms with E-state index < -0.39 is 17.4 Å². The van der Waals surface area contributed by atoms with E-state index in [1.54, 1.807) is 0 Å². The summed E-state index contributed by atoms with van der Waals surface area (Å²) in [4.78, 5) is 34.0. The minimum atomic E-state index is -1.53.